The lowest BCUT2D eigenvalue weighted by Gasteiger charge is -2.18. The Morgan fingerprint density at radius 1 is 1.00 bits per heavy atom. The Morgan fingerprint density at radius 2 is 1.75 bits per heavy atom. The fraction of sp³-hybridized carbons (Fsp3) is 0.238. The summed E-state index contributed by atoms with van der Waals surface area (Å²) < 4.78 is 36.9. The minimum Gasteiger partial charge on any atom is -0.482 e. The molecule has 0 N–H and O–H groups in total. The van der Waals surface area contributed by atoms with E-state index in [2.05, 4.69) is 0 Å². The second-order valence-electron chi connectivity index (χ2n) is 6.73. The summed E-state index contributed by atoms with van der Waals surface area (Å²) in [4.78, 5) is 25.5. The summed E-state index contributed by atoms with van der Waals surface area (Å²) in [5.74, 6) is -0.624. The zero-order valence-corrected chi connectivity index (χ0v) is 19.9. The molecule has 0 fully saturated rings. The van der Waals surface area contributed by atoms with Crippen molar-refractivity contribution in [2.24, 2.45) is 0 Å². The Hall–Kier alpha value is -2.89. The van der Waals surface area contributed by atoms with Gasteiger partial charge in [-0.3, -0.25) is 9.10 Å². The number of benzene rings is 1. The van der Waals surface area contributed by atoms with Gasteiger partial charge in [-0.2, -0.15) is 11.3 Å². The molecule has 0 aliphatic rings. The van der Waals surface area contributed by atoms with E-state index in [0.717, 1.165) is 16.9 Å². The van der Waals surface area contributed by atoms with Crippen LogP contribution in [0.1, 0.15) is 5.56 Å². The largest absolute Gasteiger partial charge is 0.482 e. The molecule has 0 radical (unpaired) electrons. The molecule has 0 aliphatic carbocycles. The standard InChI is InChI=1S/C21H22N2O6S3/c1-22(12-16-9-11-30-15-16)19(24)13-29-20(25)14-28-18-7-5-17(6-8-18)23(2)32(26,27)21-4-3-10-31-21/h3-11,15H,12-14H2,1-2H3. The van der Waals surface area contributed by atoms with E-state index < -0.39 is 16.0 Å². The molecular weight excluding hydrogens is 472 g/mol. The predicted molar refractivity (Wildman–Crippen MR) is 124 cm³/mol. The topological polar surface area (TPSA) is 93.2 Å². The van der Waals surface area contributed by atoms with Gasteiger partial charge in [-0.1, -0.05) is 6.07 Å². The van der Waals surface area contributed by atoms with Gasteiger partial charge in [0, 0.05) is 20.6 Å². The van der Waals surface area contributed by atoms with E-state index in [1.807, 2.05) is 16.8 Å². The number of ether oxygens (including phenoxy) is 2. The van der Waals surface area contributed by atoms with Crippen LogP contribution < -0.4 is 9.04 Å². The van der Waals surface area contributed by atoms with Crippen molar-refractivity contribution < 1.29 is 27.5 Å². The van der Waals surface area contributed by atoms with Gasteiger partial charge in [0.05, 0.1) is 5.69 Å². The average Bonchev–Trinajstić information content (AvgIpc) is 3.50. The second kappa shape index (κ2) is 10.6. The maximum atomic E-state index is 12.6. The second-order valence-corrected chi connectivity index (χ2v) is 10.7. The maximum Gasteiger partial charge on any atom is 0.344 e. The zero-order valence-electron chi connectivity index (χ0n) is 17.5. The molecular formula is C21H22N2O6S3. The Kier molecular flexibility index (Phi) is 7.89. The smallest absolute Gasteiger partial charge is 0.344 e. The summed E-state index contributed by atoms with van der Waals surface area (Å²) in [6.07, 6.45) is 0. The first kappa shape index (κ1) is 23.8. The highest BCUT2D eigenvalue weighted by atomic mass is 32.2. The van der Waals surface area contributed by atoms with Crippen LogP contribution in [0.4, 0.5) is 5.69 Å². The molecule has 0 atom stereocenters. The molecule has 0 aliphatic heterocycles. The molecule has 0 saturated heterocycles. The number of thiophene rings is 2. The quantitative estimate of drug-likeness (QED) is 0.402. The van der Waals surface area contributed by atoms with Crippen LogP contribution in [0.25, 0.3) is 0 Å². The van der Waals surface area contributed by atoms with E-state index in [1.54, 1.807) is 60.2 Å². The van der Waals surface area contributed by atoms with E-state index in [9.17, 15) is 18.0 Å². The van der Waals surface area contributed by atoms with Gasteiger partial charge in [0.2, 0.25) is 0 Å². The van der Waals surface area contributed by atoms with E-state index >= 15 is 0 Å². The Balaban J connectivity index is 1.45. The van der Waals surface area contributed by atoms with E-state index in [-0.39, 0.29) is 23.3 Å². The highest BCUT2D eigenvalue weighted by Crippen LogP contribution is 2.26. The number of hydrogen-bond acceptors (Lipinski definition) is 8. The number of amides is 1. The Morgan fingerprint density at radius 3 is 2.38 bits per heavy atom. The zero-order chi connectivity index (χ0) is 23.1. The molecule has 0 spiro atoms. The van der Waals surface area contributed by atoms with Crippen LogP contribution in [-0.2, 0) is 30.9 Å². The summed E-state index contributed by atoms with van der Waals surface area (Å²) in [6.45, 7) is -0.295. The molecule has 8 nitrogen and oxygen atoms in total. The van der Waals surface area contributed by atoms with E-state index in [0.29, 0.717) is 18.0 Å². The number of anilines is 1. The molecule has 0 bridgehead atoms. The molecule has 170 valence electrons. The normalized spacial score (nSPS) is 11.1. The van der Waals surface area contributed by atoms with Crippen molar-refractivity contribution in [3.8, 4) is 5.75 Å². The van der Waals surface area contributed by atoms with Crippen LogP contribution in [0.2, 0.25) is 0 Å². The number of carbonyl (C=O) groups excluding carboxylic acids is 2. The Bertz CT molecular complexity index is 1130. The van der Waals surface area contributed by atoms with Crippen molar-refractivity contribution in [1.82, 2.24) is 4.90 Å². The van der Waals surface area contributed by atoms with Crippen molar-refractivity contribution in [1.29, 1.82) is 0 Å². The third-order valence-electron chi connectivity index (χ3n) is 4.45. The van der Waals surface area contributed by atoms with Crippen LogP contribution in [0.15, 0.2) is 62.8 Å². The molecule has 2 aromatic heterocycles. The SMILES string of the molecule is CN(Cc1ccsc1)C(=O)COC(=O)COc1ccc(N(C)S(=O)(=O)c2cccs2)cc1. The molecule has 2 heterocycles. The number of nitrogens with zero attached hydrogens (tertiary/aromatic N) is 2. The lowest BCUT2D eigenvalue weighted by atomic mass is 10.3. The first-order valence-electron chi connectivity index (χ1n) is 9.43. The molecule has 0 unspecified atom stereocenters. The summed E-state index contributed by atoms with van der Waals surface area (Å²) in [5.41, 5.74) is 1.46. The maximum absolute atomic E-state index is 12.6. The molecule has 3 aromatic rings. The fourth-order valence-corrected chi connectivity index (χ4v) is 5.63. The number of rotatable bonds is 10. The van der Waals surface area contributed by atoms with Gasteiger partial charge < -0.3 is 14.4 Å². The van der Waals surface area contributed by atoms with Crippen molar-refractivity contribution in [2.75, 3.05) is 31.6 Å². The van der Waals surface area contributed by atoms with Crippen LogP contribution in [0.5, 0.6) is 5.75 Å². The van der Waals surface area contributed by atoms with Gasteiger partial charge in [-0.05, 0) is 58.1 Å². The van der Waals surface area contributed by atoms with Crippen molar-refractivity contribution in [2.45, 2.75) is 10.8 Å². The Labute approximate surface area is 194 Å². The summed E-state index contributed by atoms with van der Waals surface area (Å²) >= 11 is 2.69. The molecule has 11 heteroatoms. The molecule has 0 saturated carbocycles. The number of likely N-dealkylation sites (N-methyl/N-ethyl adjacent to an activating group) is 1. The van der Waals surface area contributed by atoms with Gasteiger partial charge in [0.1, 0.15) is 9.96 Å². The first-order valence-corrected chi connectivity index (χ1v) is 12.7. The van der Waals surface area contributed by atoms with Crippen LogP contribution in [0, 0.1) is 0 Å². The number of carbonyl (C=O) groups is 2. The third-order valence-corrected chi connectivity index (χ3v) is 8.34. The van der Waals surface area contributed by atoms with Gasteiger partial charge in [-0.25, -0.2) is 13.2 Å². The minimum absolute atomic E-state index is 0.249. The van der Waals surface area contributed by atoms with Crippen molar-refractivity contribution >= 4 is 50.3 Å². The predicted octanol–water partition coefficient (Wildman–Crippen LogP) is 3.22. The highest BCUT2D eigenvalue weighted by molar-refractivity contribution is 7.94. The van der Waals surface area contributed by atoms with Gasteiger partial charge >= 0.3 is 5.97 Å². The van der Waals surface area contributed by atoms with Crippen molar-refractivity contribution in [3.05, 3.63) is 64.2 Å². The number of esters is 1. The van der Waals surface area contributed by atoms with Crippen LogP contribution in [-0.4, -0.2) is 52.5 Å². The van der Waals surface area contributed by atoms with Gasteiger partial charge in [0.15, 0.2) is 13.2 Å². The lowest BCUT2D eigenvalue weighted by Crippen LogP contribution is -2.31. The lowest BCUT2D eigenvalue weighted by molar-refractivity contribution is -0.153. The molecule has 1 amide bonds. The summed E-state index contributed by atoms with van der Waals surface area (Å²) in [5, 5.41) is 5.58. The van der Waals surface area contributed by atoms with Crippen molar-refractivity contribution in [3.63, 3.8) is 0 Å². The first-order chi connectivity index (χ1) is 15.3. The fourth-order valence-electron chi connectivity index (χ4n) is 2.62. The van der Waals surface area contributed by atoms with E-state index in [1.165, 1.54) is 16.3 Å². The summed E-state index contributed by atoms with van der Waals surface area (Å²) in [6, 6.07) is 11.4. The minimum atomic E-state index is -3.63. The molecule has 32 heavy (non-hydrogen) atoms. The summed E-state index contributed by atoms with van der Waals surface area (Å²) in [7, 11) is -0.518. The number of sulfonamides is 1. The monoisotopic (exact) mass is 494 g/mol. The molecule has 3 rings (SSSR count). The van der Waals surface area contributed by atoms with Gasteiger partial charge in [0.25, 0.3) is 15.9 Å². The van der Waals surface area contributed by atoms with Gasteiger partial charge in [-0.15, -0.1) is 11.3 Å². The van der Waals surface area contributed by atoms with E-state index in [4.69, 9.17) is 9.47 Å². The number of hydrogen-bond donors (Lipinski definition) is 0. The van der Waals surface area contributed by atoms with Crippen LogP contribution in [0.3, 0.4) is 0 Å². The molecule has 1 aromatic carbocycles. The van der Waals surface area contributed by atoms with Crippen LogP contribution >= 0.6 is 22.7 Å². The highest BCUT2D eigenvalue weighted by Gasteiger charge is 2.22. The third kappa shape index (κ3) is 6.09. The average molecular weight is 495 g/mol.